The lowest BCUT2D eigenvalue weighted by molar-refractivity contribution is -0.128. The molecule has 1 aromatic carbocycles. The fourth-order valence-corrected chi connectivity index (χ4v) is 4.84. The highest BCUT2D eigenvalue weighted by Crippen LogP contribution is 2.27. The molecule has 1 amide bonds. The minimum absolute atomic E-state index is 0.0744. The number of nitrogens with one attached hydrogen (secondary N) is 1. The molecule has 1 fully saturated rings. The molecule has 30 heavy (non-hydrogen) atoms. The number of carbonyl (C=O) groups excluding carboxylic acids is 1. The van der Waals surface area contributed by atoms with Crippen LogP contribution in [-0.4, -0.2) is 34.7 Å². The Morgan fingerprint density at radius 3 is 2.93 bits per heavy atom. The molecule has 0 spiro atoms. The van der Waals surface area contributed by atoms with Crippen LogP contribution in [0.1, 0.15) is 26.2 Å². The Labute approximate surface area is 179 Å². The van der Waals surface area contributed by atoms with Gasteiger partial charge >= 0.3 is 0 Å². The van der Waals surface area contributed by atoms with E-state index in [1.807, 2.05) is 19.3 Å². The van der Waals surface area contributed by atoms with Gasteiger partial charge in [0.25, 0.3) is 0 Å². The third-order valence-electron chi connectivity index (χ3n) is 6.06. The first-order valence-corrected chi connectivity index (χ1v) is 11.3. The molecule has 5 nitrogen and oxygen atoms in total. The second kappa shape index (κ2) is 7.85. The Balaban J connectivity index is 1.44. The molecule has 0 radical (unpaired) electrons. The third kappa shape index (κ3) is 3.61. The molecule has 0 bridgehead atoms. The van der Waals surface area contributed by atoms with E-state index in [0.717, 1.165) is 42.4 Å². The number of fused-ring (bicyclic) bond motifs is 1. The summed E-state index contributed by atoms with van der Waals surface area (Å²) in [5.74, 6) is 0.0744. The Kier molecular flexibility index (Phi) is 5.05. The molecular weight excluding hydrogens is 394 g/mol. The number of rotatable bonds is 4. The number of nitrogens with zero attached hydrogens (tertiary/aromatic N) is 2. The molecule has 5 rings (SSSR count). The van der Waals surface area contributed by atoms with Crippen molar-refractivity contribution in [2.75, 3.05) is 13.2 Å². The zero-order chi connectivity index (χ0) is 20.6. The van der Waals surface area contributed by atoms with Gasteiger partial charge in [-0.05, 0) is 72.3 Å². The number of imidazole rings is 1. The van der Waals surface area contributed by atoms with Crippen molar-refractivity contribution in [2.45, 2.75) is 32.2 Å². The van der Waals surface area contributed by atoms with Crippen LogP contribution in [0, 0.1) is 5.41 Å². The van der Waals surface area contributed by atoms with Crippen LogP contribution in [0.25, 0.3) is 29.0 Å². The van der Waals surface area contributed by atoms with Gasteiger partial charge in [-0.25, -0.2) is 4.98 Å². The maximum Gasteiger partial charge on any atom is 0.230 e. The summed E-state index contributed by atoms with van der Waals surface area (Å²) < 4.78 is 7.51. The van der Waals surface area contributed by atoms with E-state index < -0.39 is 5.41 Å². The van der Waals surface area contributed by atoms with Crippen LogP contribution in [0.15, 0.2) is 47.4 Å². The van der Waals surface area contributed by atoms with E-state index >= 15 is 0 Å². The van der Waals surface area contributed by atoms with Crippen LogP contribution in [0.4, 0.5) is 0 Å². The number of hydrogen-bond donors (Lipinski definition) is 1. The number of aromatic nitrogens is 2. The lowest BCUT2D eigenvalue weighted by Gasteiger charge is -2.30. The van der Waals surface area contributed by atoms with Crippen LogP contribution in [-0.2, 0) is 9.53 Å². The average molecular weight is 420 g/mol. The van der Waals surface area contributed by atoms with Gasteiger partial charge in [-0.1, -0.05) is 18.2 Å². The third-order valence-corrected chi connectivity index (χ3v) is 6.75. The summed E-state index contributed by atoms with van der Waals surface area (Å²) in [6.07, 6.45) is 8.44. The van der Waals surface area contributed by atoms with E-state index in [4.69, 9.17) is 4.74 Å². The highest BCUT2D eigenvalue weighted by atomic mass is 32.1. The molecule has 154 valence electrons. The van der Waals surface area contributed by atoms with Crippen molar-refractivity contribution in [3.63, 3.8) is 0 Å². The van der Waals surface area contributed by atoms with Gasteiger partial charge in [-0.2, -0.15) is 11.3 Å². The first-order chi connectivity index (χ1) is 14.6. The van der Waals surface area contributed by atoms with Crippen LogP contribution in [0.2, 0.25) is 0 Å². The van der Waals surface area contributed by atoms with E-state index in [9.17, 15) is 4.79 Å². The van der Waals surface area contributed by atoms with Crippen molar-refractivity contribution < 1.29 is 9.53 Å². The topological polar surface area (TPSA) is 56.1 Å². The van der Waals surface area contributed by atoms with Gasteiger partial charge in [-0.15, -0.1) is 0 Å². The number of carbonyl (C=O) groups is 1. The van der Waals surface area contributed by atoms with Crippen molar-refractivity contribution in [3.05, 3.63) is 58.1 Å². The van der Waals surface area contributed by atoms with E-state index in [2.05, 4.69) is 62.0 Å². The molecule has 6 heteroatoms. The molecule has 1 atom stereocenters. The lowest BCUT2D eigenvalue weighted by atomic mass is 9.82. The van der Waals surface area contributed by atoms with Crippen molar-refractivity contribution in [2.24, 2.45) is 5.41 Å². The van der Waals surface area contributed by atoms with Gasteiger partial charge in [0.2, 0.25) is 5.91 Å². The quantitative estimate of drug-likeness (QED) is 0.708. The van der Waals surface area contributed by atoms with Gasteiger partial charge < -0.3 is 10.1 Å². The minimum Gasteiger partial charge on any atom is -0.381 e. The molecule has 1 aliphatic heterocycles. The largest absolute Gasteiger partial charge is 0.381 e. The maximum atomic E-state index is 13.0. The summed E-state index contributed by atoms with van der Waals surface area (Å²) in [6.45, 7) is 3.43. The Morgan fingerprint density at radius 1 is 1.27 bits per heavy atom. The first-order valence-electron chi connectivity index (χ1n) is 10.4. The summed E-state index contributed by atoms with van der Waals surface area (Å²) in [5.41, 5.74) is 2.91. The molecule has 1 aliphatic carbocycles. The standard InChI is InChI=1S/C24H25N3O2S/c1-24(23(28)26-19-6-10-29-11-7-19)9-5-22-21(14-24)25-16-27(22)20-4-2-3-17(13-20)18-8-12-30-15-18/h2-5,8,12-16,19H,6-7,9-11H2,1H3,(H,26,28). The van der Waals surface area contributed by atoms with Crippen molar-refractivity contribution in [1.29, 1.82) is 0 Å². The van der Waals surface area contributed by atoms with Crippen molar-refractivity contribution in [3.8, 4) is 16.8 Å². The highest BCUT2D eigenvalue weighted by Gasteiger charge is 2.33. The maximum absolute atomic E-state index is 13.0. The molecule has 2 aromatic heterocycles. The SMILES string of the molecule is CC1(C(=O)NC2CCOCC2)C=c2ncn(-c3cccc(-c4ccsc4)c3)c2=CC1. The summed E-state index contributed by atoms with van der Waals surface area (Å²) in [4.78, 5) is 17.6. The Hall–Kier alpha value is -2.70. The number of benzene rings is 1. The fourth-order valence-electron chi connectivity index (χ4n) is 4.18. The minimum atomic E-state index is -0.580. The average Bonchev–Trinajstić information content (AvgIpc) is 3.44. The normalized spacial score (nSPS) is 21.4. The van der Waals surface area contributed by atoms with Crippen LogP contribution < -0.4 is 16.0 Å². The predicted molar refractivity (Wildman–Crippen MR) is 120 cm³/mol. The molecule has 2 aliphatic rings. The van der Waals surface area contributed by atoms with Crippen molar-refractivity contribution >= 4 is 29.4 Å². The zero-order valence-electron chi connectivity index (χ0n) is 17.0. The summed E-state index contributed by atoms with van der Waals surface area (Å²) in [7, 11) is 0. The number of amides is 1. The van der Waals surface area contributed by atoms with E-state index in [-0.39, 0.29) is 11.9 Å². The molecule has 1 saturated heterocycles. The van der Waals surface area contributed by atoms with Gasteiger partial charge in [0.05, 0.1) is 16.1 Å². The summed E-state index contributed by atoms with van der Waals surface area (Å²) >= 11 is 1.70. The van der Waals surface area contributed by atoms with E-state index in [1.165, 1.54) is 11.1 Å². The molecular formula is C24H25N3O2S. The van der Waals surface area contributed by atoms with E-state index in [1.54, 1.807) is 11.3 Å². The second-order valence-corrected chi connectivity index (χ2v) is 9.06. The number of thiophene rings is 1. The van der Waals surface area contributed by atoms with Gasteiger partial charge in [0.1, 0.15) is 6.33 Å². The molecule has 3 aromatic rings. The van der Waals surface area contributed by atoms with Crippen LogP contribution >= 0.6 is 11.3 Å². The monoisotopic (exact) mass is 419 g/mol. The second-order valence-electron chi connectivity index (χ2n) is 8.28. The fraction of sp³-hybridized carbons (Fsp3) is 0.333. The predicted octanol–water partition coefficient (Wildman–Crippen LogP) is 2.87. The van der Waals surface area contributed by atoms with Crippen molar-refractivity contribution in [1.82, 2.24) is 14.9 Å². The Morgan fingerprint density at radius 2 is 2.13 bits per heavy atom. The zero-order valence-corrected chi connectivity index (χ0v) is 17.8. The molecule has 1 N–H and O–H groups in total. The van der Waals surface area contributed by atoms with Gasteiger partial charge in [0.15, 0.2) is 0 Å². The first kappa shape index (κ1) is 19.3. The van der Waals surface area contributed by atoms with Gasteiger partial charge in [-0.3, -0.25) is 9.36 Å². The smallest absolute Gasteiger partial charge is 0.230 e. The number of ether oxygens (including phenoxy) is 1. The lowest BCUT2D eigenvalue weighted by Crippen LogP contribution is -2.48. The molecule has 0 saturated carbocycles. The molecule has 3 heterocycles. The van der Waals surface area contributed by atoms with Gasteiger partial charge in [0, 0.05) is 24.9 Å². The molecule has 1 unspecified atom stereocenters. The van der Waals surface area contributed by atoms with Crippen LogP contribution in [0.3, 0.4) is 0 Å². The summed E-state index contributed by atoms with van der Waals surface area (Å²) in [5, 5.41) is 9.39. The van der Waals surface area contributed by atoms with Crippen LogP contribution in [0.5, 0.6) is 0 Å². The summed E-state index contributed by atoms with van der Waals surface area (Å²) in [6, 6.07) is 10.8. The van der Waals surface area contributed by atoms with E-state index in [0.29, 0.717) is 6.42 Å². The highest BCUT2D eigenvalue weighted by molar-refractivity contribution is 7.08. The Bertz CT molecular complexity index is 1180. The number of hydrogen-bond acceptors (Lipinski definition) is 4.